The first-order valence-electron chi connectivity index (χ1n) is 6.83. The Morgan fingerprint density at radius 1 is 1.31 bits per heavy atom. The smallest absolute Gasteiger partial charge is 0.131 e. The topological polar surface area (TPSA) is 20.3 Å². The summed E-state index contributed by atoms with van der Waals surface area (Å²) >= 11 is 0. The van der Waals surface area contributed by atoms with E-state index in [1.807, 2.05) is 0 Å². The lowest BCUT2D eigenvalue weighted by molar-refractivity contribution is -0.118. The lowest BCUT2D eigenvalue weighted by Gasteiger charge is -2.29. The molecule has 1 aliphatic heterocycles. The van der Waals surface area contributed by atoms with E-state index in [-0.39, 0.29) is 0 Å². The summed E-state index contributed by atoms with van der Waals surface area (Å²) in [4.78, 5) is 13.8. The Morgan fingerprint density at radius 3 is 2.69 bits per heavy atom. The van der Waals surface area contributed by atoms with Crippen molar-refractivity contribution in [1.29, 1.82) is 0 Å². The van der Waals surface area contributed by atoms with Crippen LogP contribution < -0.4 is 0 Å². The fourth-order valence-corrected chi connectivity index (χ4v) is 2.52. The van der Waals surface area contributed by atoms with Crippen LogP contribution in [0, 0.1) is 5.92 Å². The molecule has 0 aromatic rings. The number of likely N-dealkylation sites (tertiary alicyclic amines) is 1. The maximum atomic E-state index is 11.3. The molecule has 2 heteroatoms. The summed E-state index contributed by atoms with van der Waals surface area (Å²) in [6.45, 7) is 8.65. The number of ketones is 1. The fraction of sp³-hybridized carbons (Fsp3) is 0.929. The molecule has 0 spiro atoms. The molecule has 1 aliphatic rings. The molecule has 2 nitrogen and oxygen atoms in total. The SMILES string of the molecule is CC(=O)CC1CCCCCN1CCC(C)C. The number of hydrogen-bond acceptors (Lipinski definition) is 2. The Morgan fingerprint density at radius 2 is 2.06 bits per heavy atom. The zero-order valence-corrected chi connectivity index (χ0v) is 11.2. The molecule has 1 saturated heterocycles. The van der Waals surface area contributed by atoms with Gasteiger partial charge >= 0.3 is 0 Å². The summed E-state index contributed by atoms with van der Waals surface area (Å²) in [5, 5.41) is 0. The molecule has 0 aromatic heterocycles. The number of rotatable bonds is 5. The van der Waals surface area contributed by atoms with Crippen molar-refractivity contribution in [2.75, 3.05) is 13.1 Å². The molecule has 1 unspecified atom stereocenters. The molecule has 0 bridgehead atoms. The van der Waals surface area contributed by atoms with E-state index < -0.39 is 0 Å². The predicted molar refractivity (Wildman–Crippen MR) is 68.6 cm³/mol. The third-order valence-corrected chi connectivity index (χ3v) is 3.52. The van der Waals surface area contributed by atoms with E-state index in [2.05, 4.69) is 18.7 Å². The van der Waals surface area contributed by atoms with Gasteiger partial charge in [0.05, 0.1) is 0 Å². The molecule has 1 heterocycles. The van der Waals surface area contributed by atoms with Crippen molar-refractivity contribution in [3.8, 4) is 0 Å². The third kappa shape index (κ3) is 5.11. The van der Waals surface area contributed by atoms with Crippen LogP contribution in [0.2, 0.25) is 0 Å². The number of nitrogens with zero attached hydrogens (tertiary/aromatic N) is 1. The van der Waals surface area contributed by atoms with Crippen LogP contribution in [0.1, 0.15) is 59.3 Å². The van der Waals surface area contributed by atoms with Gasteiger partial charge in [0.1, 0.15) is 5.78 Å². The summed E-state index contributed by atoms with van der Waals surface area (Å²) in [6, 6.07) is 0.527. The molecule has 0 N–H and O–H groups in total. The van der Waals surface area contributed by atoms with Gasteiger partial charge in [0.2, 0.25) is 0 Å². The first-order valence-corrected chi connectivity index (χ1v) is 6.83. The Bertz CT molecular complexity index is 213. The summed E-state index contributed by atoms with van der Waals surface area (Å²) < 4.78 is 0. The van der Waals surface area contributed by atoms with E-state index >= 15 is 0 Å². The van der Waals surface area contributed by atoms with Crippen LogP contribution in [0.4, 0.5) is 0 Å². The molecular weight excluding hydrogens is 198 g/mol. The van der Waals surface area contributed by atoms with Crippen LogP contribution >= 0.6 is 0 Å². The lowest BCUT2D eigenvalue weighted by atomic mass is 10.0. The van der Waals surface area contributed by atoms with Crippen LogP contribution in [0.25, 0.3) is 0 Å². The van der Waals surface area contributed by atoms with Crippen molar-refractivity contribution in [2.45, 2.75) is 65.3 Å². The van der Waals surface area contributed by atoms with E-state index in [0.717, 1.165) is 12.3 Å². The minimum absolute atomic E-state index is 0.349. The third-order valence-electron chi connectivity index (χ3n) is 3.52. The van der Waals surface area contributed by atoms with Crippen molar-refractivity contribution in [1.82, 2.24) is 4.90 Å². The standard InChI is InChI=1S/C14H27NO/c1-12(2)8-10-15-9-6-4-5-7-14(15)11-13(3)16/h12,14H,4-11H2,1-3H3. The average Bonchev–Trinajstić information content (AvgIpc) is 2.39. The monoisotopic (exact) mass is 225 g/mol. The zero-order valence-electron chi connectivity index (χ0n) is 11.2. The van der Waals surface area contributed by atoms with Crippen molar-refractivity contribution in [3.05, 3.63) is 0 Å². The molecule has 1 rings (SSSR count). The van der Waals surface area contributed by atoms with Gasteiger partial charge in [-0.25, -0.2) is 0 Å². The van der Waals surface area contributed by atoms with Crippen LogP contribution in [0.5, 0.6) is 0 Å². The molecule has 1 atom stereocenters. The normalized spacial score (nSPS) is 23.4. The van der Waals surface area contributed by atoms with E-state index in [1.54, 1.807) is 6.92 Å². The second-order valence-corrected chi connectivity index (χ2v) is 5.63. The molecule has 0 amide bonds. The van der Waals surface area contributed by atoms with Crippen molar-refractivity contribution < 1.29 is 4.79 Å². The molecule has 0 aromatic carbocycles. The first kappa shape index (κ1) is 13.7. The molecule has 1 fully saturated rings. The van der Waals surface area contributed by atoms with Gasteiger partial charge in [0.15, 0.2) is 0 Å². The zero-order chi connectivity index (χ0) is 12.0. The van der Waals surface area contributed by atoms with Crippen LogP contribution in [0.15, 0.2) is 0 Å². The van der Waals surface area contributed by atoms with Gasteiger partial charge in [0, 0.05) is 12.5 Å². The van der Waals surface area contributed by atoms with Gasteiger partial charge < -0.3 is 0 Å². The Balaban J connectivity index is 2.47. The molecule has 0 radical (unpaired) electrons. The van der Waals surface area contributed by atoms with Crippen molar-refractivity contribution in [2.24, 2.45) is 5.92 Å². The van der Waals surface area contributed by atoms with E-state index in [9.17, 15) is 4.79 Å². The maximum Gasteiger partial charge on any atom is 0.131 e. The molecule has 0 aliphatic carbocycles. The van der Waals surface area contributed by atoms with Gasteiger partial charge in [-0.3, -0.25) is 9.69 Å². The second kappa shape index (κ2) is 7.05. The molecule has 0 saturated carbocycles. The molecule has 94 valence electrons. The highest BCUT2D eigenvalue weighted by atomic mass is 16.1. The summed E-state index contributed by atoms with van der Waals surface area (Å²) in [6.07, 6.45) is 7.19. The quantitative estimate of drug-likeness (QED) is 0.716. The largest absolute Gasteiger partial charge is 0.300 e. The van der Waals surface area contributed by atoms with Gasteiger partial charge in [-0.05, 0) is 45.2 Å². The minimum atomic E-state index is 0.349. The van der Waals surface area contributed by atoms with E-state index in [4.69, 9.17) is 0 Å². The minimum Gasteiger partial charge on any atom is -0.300 e. The fourth-order valence-electron chi connectivity index (χ4n) is 2.52. The average molecular weight is 225 g/mol. The molecular formula is C14H27NO. The molecule has 16 heavy (non-hydrogen) atoms. The summed E-state index contributed by atoms with van der Waals surface area (Å²) in [7, 11) is 0. The van der Waals surface area contributed by atoms with Crippen molar-refractivity contribution in [3.63, 3.8) is 0 Å². The number of carbonyl (C=O) groups excluding carboxylic acids is 1. The highest BCUT2D eigenvalue weighted by molar-refractivity contribution is 5.76. The number of hydrogen-bond donors (Lipinski definition) is 0. The highest BCUT2D eigenvalue weighted by Gasteiger charge is 2.21. The van der Waals surface area contributed by atoms with E-state index in [0.29, 0.717) is 11.8 Å². The van der Waals surface area contributed by atoms with Gasteiger partial charge in [-0.15, -0.1) is 0 Å². The maximum absolute atomic E-state index is 11.3. The Hall–Kier alpha value is -0.370. The lowest BCUT2D eigenvalue weighted by Crippen LogP contribution is -2.37. The van der Waals surface area contributed by atoms with Gasteiger partial charge in [0.25, 0.3) is 0 Å². The van der Waals surface area contributed by atoms with Gasteiger partial charge in [-0.1, -0.05) is 26.7 Å². The number of carbonyl (C=O) groups is 1. The Kier molecular flexibility index (Phi) is 6.04. The van der Waals surface area contributed by atoms with Crippen LogP contribution in [-0.2, 0) is 4.79 Å². The Labute approximate surface area is 100 Å². The van der Waals surface area contributed by atoms with Crippen molar-refractivity contribution >= 4 is 5.78 Å². The second-order valence-electron chi connectivity index (χ2n) is 5.63. The van der Waals surface area contributed by atoms with Crippen LogP contribution in [0.3, 0.4) is 0 Å². The predicted octanol–water partition coefficient (Wildman–Crippen LogP) is 3.26. The van der Waals surface area contributed by atoms with Crippen LogP contribution in [-0.4, -0.2) is 29.8 Å². The first-order chi connectivity index (χ1) is 7.59. The van der Waals surface area contributed by atoms with E-state index in [1.165, 1.54) is 45.2 Å². The highest BCUT2D eigenvalue weighted by Crippen LogP contribution is 2.20. The summed E-state index contributed by atoms with van der Waals surface area (Å²) in [5.74, 6) is 1.11. The van der Waals surface area contributed by atoms with Gasteiger partial charge in [-0.2, -0.15) is 0 Å². The summed E-state index contributed by atoms with van der Waals surface area (Å²) in [5.41, 5.74) is 0. The number of Topliss-reactive ketones (excluding diaryl/α,β-unsaturated/α-hetero) is 1.